The van der Waals surface area contributed by atoms with Crippen LogP contribution in [0.5, 0.6) is 0 Å². The quantitative estimate of drug-likeness (QED) is 0.791. The molecule has 4 heteroatoms. The summed E-state index contributed by atoms with van der Waals surface area (Å²) in [5, 5.41) is 19.2. The summed E-state index contributed by atoms with van der Waals surface area (Å²) in [5.74, 6) is 0.483. The van der Waals surface area contributed by atoms with Crippen molar-refractivity contribution in [1.29, 1.82) is 0 Å². The standard InChI is InChI=1S/C14H20Cl2O2/c1-9-3-12(6-14(18)8-16)10(2)4-11(9)5-13(17)7-15/h3-4,13-14,17-18H,5-8H2,1-2H3. The van der Waals surface area contributed by atoms with E-state index in [1.165, 1.54) is 0 Å². The molecule has 0 fully saturated rings. The normalized spacial score (nSPS) is 14.6. The molecule has 0 aliphatic heterocycles. The Hall–Kier alpha value is -0.280. The van der Waals surface area contributed by atoms with Gasteiger partial charge in [0.1, 0.15) is 0 Å². The highest BCUT2D eigenvalue weighted by Crippen LogP contribution is 2.19. The van der Waals surface area contributed by atoms with Crippen molar-refractivity contribution in [3.8, 4) is 0 Å². The van der Waals surface area contributed by atoms with Crippen LogP contribution < -0.4 is 0 Å². The number of rotatable bonds is 6. The van der Waals surface area contributed by atoms with Crippen LogP contribution in [0.25, 0.3) is 0 Å². The van der Waals surface area contributed by atoms with Gasteiger partial charge in [0, 0.05) is 11.8 Å². The molecular weight excluding hydrogens is 271 g/mol. The predicted octanol–water partition coefficient (Wildman–Crippen LogP) is 2.59. The molecule has 0 saturated heterocycles. The lowest BCUT2D eigenvalue weighted by molar-refractivity contribution is 0.197. The highest BCUT2D eigenvalue weighted by Gasteiger charge is 2.11. The van der Waals surface area contributed by atoms with E-state index < -0.39 is 12.2 Å². The zero-order chi connectivity index (χ0) is 13.7. The van der Waals surface area contributed by atoms with E-state index in [9.17, 15) is 10.2 Å². The summed E-state index contributed by atoms with van der Waals surface area (Å²) >= 11 is 11.2. The van der Waals surface area contributed by atoms with Crippen molar-refractivity contribution in [2.45, 2.75) is 38.9 Å². The minimum Gasteiger partial charge on any atom is -0.392 e. The van der Waals surface area contributed by atoms with Gasteiger partial charge < -0.3 is 10.2 Å². The van der Waals surface area contributed by atoms with E-state index in [4.69, 9.17) is 23.2 Å². The van der Waals surface area contributed by atoms with Gasteiger partial charge in [-0.25, -0.2) is 0 Å². The minimum absolute atomic E-state index is 0.241. The molecule has 0 radical (unpaired) electrons. The number of benzene rings is 1. The Morgan fingerprint density at radius 3 is 1.50 bits per heavy atom. The van der Waals surface area contributed by atoms with Gasteiger partial charge in [-0.3, -0.25) is 0 Å². The van der Waals surface area contributed by atoms with Crippen molar-refractivity contribution in [1.82, 2.24) is 0 Å². The second kappa shape index (κ2) is 7.34. The molecule has 0 aromatic heterocycles. The van der Waals surface area contributed by atoms with E-state index in [1.807, 2.05) is 13.8 Å². The number of aryl methyl sites for hydroxylation is 2. The number of hydrogen-bond donors (Lipinski definition) is 2. The number of alkyl halides is 2. The molecule has 0 saturated carbocycles. The van der Waals surface area contributed by atoms with Gasteiger partial charge in [0.2, 0.25) is 0 Å². The summed E-state index contributed by atoms with van der Waals surface area (Å²) in [6.07, 6.45) is 0.108. The Kier molecular flexibility index (Phi) is 6.44. The molecular formula is C14H20Cl2O2. The molecule has 0 aliphatic rings. The van der Waals surface area contributed by atoms with Crippen molar-refractivity contribution in [3.05, 3.63) is 34.4 Å². The molecule has 102 valence electrons. The Balaban J connectivity index is 2.89. The first-order valence-corrected chi connectivity index (χ1v) is 7.11. The van der Waals surface area contributed by atoms with Crippen LogP contribution in [-0.4, -0.2) is 34.2 Å². The van der Waals surface area contributed by atoms with Gasteiger partial charge in [-0.15, -0.1) is 23.2 Å². The fourth-order valence-corrected chi connectivity index (χ4v) is 2.21. The predicted molar refractivity (Wildman–Crippen MR) is 76.8 cm³/mol. The summed E-state index contributed by atoms with van der Waals surface area (Å²) in [4.78, 5) is 0. The smallest absolute Gasteiger partial charge is 0.0715 e. The van der Waals surface area contributed by atoms with Crippen molar-refractivity contribution >= 4 is 23.2 Å². The van der Waals surface area contributed by atoms with E-state index in [0.29, 0.717) is 12.8 Å². The third-order valence-electron chi connectivity index (χ3n) is 3.06. The van der Waals surface area contributed by atoms with Crippen LogP contribution in [0.15, 0.2) is 12.1 Å². The molecule has 1 aromatic rings. The molecule has 0 bridgehead atoms. The van der Waals surface area contributed by atoms with Crippen LogP contribution in [-0.2, 0) is 12.8 Å². The summed E-state index contributed by atoms with van der Waals surface area (Å²) in [6, 6.07) is 4.11. The van der Waals surface area contributed by atoms with Crippen molar-refractivity contribution in [2.24, 2.45) is 0 Å². The molecule has 0 aliphatic carbocycles. The maximum absolute atomic E-state index is 9.59. The molecule has 2 atom stereocenters. The van der Waals surface area contributed by atoms with E-state index in [-0.39, 0.29) is 11.8 Å². The minimum atomic E-state index is -0.510. The number of aliphatic hydroxyl groups is 2. The van der Waals surface area contributed by atoms with E-state index in [2.05, 4.69) is 12.1 Å². The van der Waals surface area contributed by atoms with Crippen molar-refractivity contribution in [3.63, 3.8) is 0 Å². The fourth-order valence-electron chi connectivity index (χ4n) is 1.99. The first kappa shape index (κ1) is 15.8. The lowest BCUT2D eigenvalue weighted by atomic mass is 9.94. The molecule has 0 heterocycles. The highest BCUT2D eigenvalue weighted by molar-refractivity contribution is 6.18. The lowest BCUT2D eigenvalue weighted by Gasteiger charge is -2.15. The van der Waals surface area contributed by atoms with Crippen LogP contribution in [0.1, 0.15) is 22.3 Å². The van der Waals surface area contributed by atoms with Gasteiger partial charge in [-0.2, -0.15) is 0 Å². The first-order valence-electron chi connectivity index (χ1n) is 6.05. The Bertz CT molecular complexity index is 356. The zero-order valence-electron chi connectivity index (χ0n) is 10.8. The molecule has 2 nitrogen and oxygen atoms in total. The average molecular weight is 291 g/mol. The molecule has 18 heavy (non-hydrogen) atoms. The number of halogens is 2. The lowest BCUT2D eigenvalue weighted by Crippen LogP contribution is -2.15. The van der Waals surface area contributed by atoms with Gasteiger partial charge in [-0.1, -0.05) is 12.1 Å². The highest BCUT2D eigenvalue weighted by atomic mass is 35.5. The maximum Gasteiger partial charge on any atom is 0.0715 e. The van der Waals surface area contributed by atoms with Gasteiger partial charge in [0.15, 0.2) is 0 Å². The van der Waals surface area contributed by atoms with Crippen LogP contribution in [0.3, 0.4) is 0 Å². The van der Waals surface area contributed by atoms with Crippen LogP contribution >= 0.6 is 23.2 Å². The Morgan fingerprint density at radius 1 is 0.889 bits per heavy atom. The topological polar surface area (TPSA) is 40.5 Å². The molecule has 1 aromatic carbocycles. The maximum atomic E-state index is 9.59. The molecule has 0 amide bonds. The third-order valence-corrected chi connectivity index (χ3v) is 3.77. The zero-order valence-corrected chi connectivity index (χ0v) is 12.3. The van der Waals surface area contributed by atoms with Crippen LogP contribution in [0, 0.1) is 13.8 Å². The Morgan fingerprint density at radius 2 is 1.22 bits per heavy atom. The molecule has 1 rings (SSSR count). The fraction of sp³-hybridized carbons (Fsp3) is 0.571. The molecule has 0 spiro atoms. The number of hydrogen-bond acceptors (Lipinski definition) is 2. The summed E-state index contributed by atoms with van der Waals surface area (Å²) in [6.45, 7) is 4.01. The van der Waals surface area contributed by atoms with Crippen molar-refractivity contribution in [2.75, 3.05) is 11.8 Å². The van der Waals surface area contributed by atoms with Crippen LogP contribution in [0.4, 0.5) is 0 Å². The van der Waals surface area contributed by atoms with Gasteiger partial charge in [-0.05, 0) is 48.9 Å². The monoisotopic (exact) mass is 290 g/mol. The van der Waals surface area contributed by atoms with Gasteiger partial charge >= 0.3 is 0 Å². The summed E-state index contributed by atoms with van der Waals surface area (Å²) in [7, 11) is 0. The summed E-state index contributed by atoms with van der Waals surface area (Å²) < 4.78 is 0. The van der Waals surface area contributed by atoms with Gasteiger partial charge in [0.25, 0.3) is 0 Å². The average Bonchev–Trinajstić information content (AvgIpc) is 2.34. The van der Waals surface area contributed by atoms with Gasteiger partial charge in [0.05, 0.1) is 12.2 Å². The second-order valence-corrected chi connectivity index (χ2v) is 5.35. The number of aliphatic hydroxyl groups excluding tert-OH is 2. The largest absolute Gasteiger partial charge is 0.392 e. The van der Waals surface area contributed by atoms with Crippen molar-refractivity contribution < 1.29 is 10.2 Å². The second-order valence-electron chi connectivity index (χ2n) is 4.73. The van der Waals surface area contributed by atoms with E-state index in [0.717, 1.165) is 22.3 Å². The third kappa shape index (κ3) is 4.43. The molecule has 2 unspecified atom stereocenters. The molecule has 2 N–H and O–H groups in total. The SMILES string of the molecule is Cc1cc(CC(O)CCl)c(C)cc1CC(O)CCl. The first-order chi connectivity index (χ1) is 8.47. The Labute approximate surface area is 119 Å². The van der Waals surface area contributed by atoms with E-state index in [1.54, 1.807) is 0 Å². The van der Waals surface area contributed by atoms with E-state index >= 15 is 0 Å². The summed E-state index contributed by atoms with van der Waals surface area (Å²) in [5.41, 5.74) is 4.43. The van der Waals surface area contributed by atoms with Crippen LogP contribution in [0.2, 0.25) is 0 Å².